The third-order valence-electron chi connectivity index (χ3n) is 5.26. The van der Waals surface area contributed by atoms with Gasteiger partial charge in [-0.25, -0.2) is 12.7 Å². The Balaban J connectivity index is 1.71. The molecule has 1 fully saturated rings. The van der Waals surface area contributed by atoms with Gasteiger partial charge in [-0.05, 0) is 31.0 Å². The number of nitrogens with one attached hydrogen (secondary N) is 1. The summed E-state index contributed by atoms with van der Waals surface area (Å²) in [5.41, 5.74) is 1.37. The highest BCUT2D eigenvalue weighted by molar-refractivity contribution is 7.88. The zero-order valence-electron chi connectivity index (χ0n) is 16.4. The highest BCUT2D eigenvalue weighted by Crippen LogP contribution is 2.35. The Morgan fingerprint density at radius 1 is 1.20 bits per heavy atom. The van der Waals surface area contributed by atoms with Crippen LogP contribution in [0.2, 0.25) is 0 Å². The predicted molar refractivity (Wildman–Crippen MR) is 114 cm³/mol. The molecule has 1 aliphatic rings. The minimum absolute atomic E-state index is 0.0368. The van der Waals surface area contributed by atoms with Crippen molar-refractivity contribution in [2.45, 2.75) is 18.9 Å². The van der Waals surface area contributed by atoms with Crippen LogP contribution in [0.1, 0.15) is 18.4 Å². The number of nitrogens with zero attached hydrogens (tertiary/aromatic N) is 4. The number of sulfonamides is 1. The van der Waals surface area contributed by atoms with Crippen LogP contribution in [0, 0.1) is 11.3 Å². The van der Waals surface area contributed by atoms with Crippen molar-refractivity contribution >= 4 is 26.6 Å². The van der Waals surface area contributed by atoms with Crippen LogP contribution in [0.3, 0.4) is 0 Å². The van der Waals surface area contributed by atoms with E-state index in [4.69, 9.17) is 5.26 Å². The summed E-state index contributed by atoms with van der Waals surface area (Å²) in [5, 5.41) is 33.0. The number of phenolic OH excluding ortho intramolecular Hbond substituents is 1. The van der Waals surface area contributed by atoms with Crippen LogP contribution in [0.15, 0.2) is 42.5 Å². The number of hydrogen-bond donors (Lipinski definition) is 2. The summed E-state index contributed by atoms with van der Waals surface area (Å²) >= 11 is 0. The van der Waals surface area contributed by atoms with Gasteiger partial charge in [0.2, 0.25) is 10.0 Å². The second kappa shape index (κ2) is 7.89. The van der Waals surface area contributed by atoms with Gasteiger partial charge in [-0.2, -0.15) is 5.26 Å². The lowest BCUT2D eigenvalue weighted by Crippen LogP contribution is -2.44. The van der Waals surface area contributed by atoms with Crippen molar-refractivity contribution in [2.24, 2.45) is 0 Å². The van der Waals surface area contributed by atoms with Crippen LogP contribution >= 0.6 is 0 Å². The average Bonchev–Trinajstić information content (AvgIpc) is 2.74. The summed E-state index contributed by atoms with van der Waals surface area (Å²) in [7, 11) is -3.24. The van der Waals surface area contributed by atoms with Crippen LogP contribution < -0.4 is 5.32 Å². The molecule has 2 N–H and O–H groups in total. The van der Waals surface area contributed by atoms with Crippen LogP contribution in [-0.4, -0.2) is 53.4 Å². The summed E-state index contributed by atoms with van der Waals surface area (Å²) in [6.07, 6.45) is 2.83. The smallest absolute Gasteiger partial charge is 0.211 e. The minimum atomic E-state index is -3.24. The van der Waals surface area contributed by atoms with E-state index in [9.17, 15) is 13.5 Å². The zero-order valence-corrected chi connectivity index (χ0v) is 17.2. The van der Waals surface area contributed by atoms with E-state index in [1.807, 2.05) is 30.3 Å². The maximum Gasteiger partial charge on any atom is 0.211 e. The van der Waals surface area contributed by atoms with Crippen LogP contribution in [-0.2, 0) is 10.0 Å². The second-order valence-electron chi connectivity index (χ2n) is 7.39. The number of nitriles is 1. The molecule has 0 spiro atoms. The number of anilines is 1. The van der Waals surface area contributed by atoms with Crippen molar-refractivity contribution in [2.75, 3.05) is 24.7 Å². The number of fused-ring (bicyclic) bond motifs is 1. The molecule has 1 atom stereocenters. The molecule has 1 saturated heterocycles. The van der Waals surface area contributed by atoms with Crippen molar-refractivity contribution in [3.63, 3.8) is 0 Å². The van der Waals surface area contributed by atoms with Crippen LogP contribution in [0.4, 0.5) is 5.82 Å². The highest BCUT2D eigenvalue weighted by atomic mass is 32.2. The zero-order chi connectivity index (χ0) is 21.3. The quantitative estimate of drug-likeness (QED) is 0.662. The Labute approximate surface area is 174 Å². The molecule has 1 aliphatic heterocycles. The number of aromatic hydroxyl groups is 1. The van der Waals surface area contributed by atoms with Gasteiger partial charge in [-0.15, -0.1) is 10.2 Å². The van der Waals surface area contributed by atoms with Gasteiger partial charge in [0.25, 0.3) is 0 Å². The fraction of sp³-hybridized carbons (Fsp3) is 0.286. The van der Waals surface area contributed by atoms with Gasteiger partial charge in [0.1, 0.15) is 11.4 Å². The maximum atomic E-state index is 11.9. The van der Waals surface area contributed by atoms with E-state index >= 15 is 0 Å². The van der Waals surface area contributed by atoms with Gasteiger partial charge in [0, 0.05) is 35.5 Å². The lowest BCUT2D eigenvalue weighted by Gasteiger charge is -2.31. The number of hydrogen-bond acceptors (Lipinski definition) is 7. The Hall–Kier alpha value is -3.22. The van der Waals surface area contributed by atoms with E-state index in [0.717, 1.165) is 23.6 Å². The van der Waals surface area contributed by atoms with Crippen molar-refractivity contribution < 1.29 is 13.5 Å². The monoisotopic (exact) mass is 423 g/mol. The second-order valence-corrected chi connectivity index (χ2v) is 9.37. The standard InChI is InChI=1S/C21H21N5O3S/c1-30(28,29)26-10-4-5-15(13-26)23-21-17-7-3-2-6-16(17)20(24-25-21)18-9-8-14(12-22)11-19(18)27/h2-3,6-9,11,15,27H,4-5,10,13H2,1H3,(H,23,25). The molecule has 1 unspecified atom stereocenters. The molecule has 4 rings (SSSR count). The third-order valence-corrected chi connectivity index (χ3v) is 6.53. The molecule has 30 heavy (non-hydrogen) atoms. The van der Waals surface area contributed by atoms with Crippen molar-refractivity contribution in [1.29, 1.82) is 5.26 Å². The first-order valence-corrected chi connectivity index (χ1v) is 11.4. The Kier molecular flexibility index (Phi) is 5.28. The van der Waals surface area contributed by atoms with Gasteiger partial charge < -0.3 is 10.4 Å². The fourth-order valence-electron chi connectivity index (χ4n) is 3.77. The van der Waals surface area contributed by atoms with E-state index in [2.05, 4.69) is 15.5 Å². The van der Waals surface area contributed by atoms with Gasteiger partial charge >= 0.3 is 0 Å². The fourth-order valence-corrected chi connectivity index (χ4v) is 4.68. The van der Waals surface area contributed by atoms with Gasteiger partial charge in [-0.3, -0.25) is 0 Å². The molecule has 0 saturated carbocycles. The summed E-state index contributed by atoms with van der Waals surface area (Å²) < 4.78 is 25.3. The molecule has 8 nitrogen and oxygen atoms in total. The molecular weight excluding hydrogens is 402 g/mol. The first-order valence-electron chi connectivity index (χ1n) is 9.57. The first-order chi connectivity index (χ1) is 14.4. The van der Waals surface area contributed by atoms with E-state index < -0.39 is 10.0 Å². The van der Waals surface area contributed by atoms with E-state index in [-0.39, 0.29) is 11.8 Å². The molecule has 9 heteroatoms. The summed E-state index contributed by atoms with van der Waals surface area (Å²) in [5.74, 6) is 0.535. The normalized spacial score (nSPS) is 17.5. The van der Waals surface area contributed by atoms with Gasteiger partial charge in [-0.1, -0.05) is 24.3 Å². The molecule has 2 heterocycles. The van der Waals surface area contributed by atoms with Crippen molar-refractivity contribution in [3.8, 4) is 23.1 Å². The maximum absolute atomic E-state index is 11.9. The van der Waals surface area contributed by atoms with Gasteiger partial charge in [0.15, 0.2) is 5.82 Å². The Bertz CT molecular complexity index is 1250. The molecule has 0 amide bonds. The molecule has 3 aromatic rings. The predicted octanol–water partition coefficient (Wildman–Crippen LogP) is 2.71. The Morgan fingerprint density at radius 3 is 2.67 bits per heavy atom. The van der Waals surface area contributed by atoms with E-state index in [1.54, 1.807) is 12.1 Å². The molecular formula is C21H21N5O3S. The molecule has 1 aromatic heterocycles. The largest absolute Gasteiger partial charge is 0.507 e. The average molecular weight is 423 g/mol. The molecule has 154 valence electrons. The number of aromatic nitrogens is 2. The van der Waals surface area contributed by atoms with Crippen molar-refractivity contribution in [3.05, 3.63) is 48.0 Å². The van der Waals surface area contributed by atoms with Crippen LogP contribution in [0.25, 0.3) is 22.0 Å². The minimum Gasteiger partial charge on any atom is -0.507 e. The summed E-state index contributed by atoms with van der Waals surface area (Å²) in [6, 6.07) is 14.2. The molecule has 0 bridgehead atoms. The lowest BCUT2D eigenvalue weighted by molar-refractivity contribution is 0.329. The number of phenols is 1. The van der Waals surface area contributed by atoms with Crippen LogP contribution in [0.5, 0.6) is 5.75 Å². The summed E-state index contributed by atoms with van der Waals surface area (Å²) in [6.45, 7) is 0.910. The van der Waals surface area contributed by atoms with E-state index in [0.29, 0.717) is 35.7 Å². The first kappa shape index (κ1) is 20.1. The molecule has 0 aliphatic carbocycles. The third kappa shape index (κ3) is 3.92. The Morgan fingerprint density at radius 2 is 1.97 bits per heavy atom. The highest BCUT2D eigenvalue weighted by Gasteiger charge is 2.26. The SMILES string of the molecule is CS(=O)(=O)N1CCCC(Nc2nnc(-c3ccc(C#N)cc3O)c3ccccc23)C1. The number of benzene rings is 2. The number of rotatable bonds is 4. The van der Waals surface area contributed by atoms with Crippen molar-refractivity contribution in [1.82, 2.24) is 14.5 Å². The molecule has 0 radical (unpaired) electrons. The van der Waals surface area contributed by atoms with E-state index in [1.165, 1.54) is 16.6 Å². The van der Waals surface area contributed by atoms with Gasteiger partial charge in [0.05, 0.1) is 17.9 Å². The number of piperidine rings is 1. The summed E-state index contributed by atoms with van der Waals surface area (Å²) in [4.78, 5) is 0. The molecule has 2 aromatic carbocycles. The topological polar surface area (TPSA) is 119 Å². The lowest BCUT2D eigenvalue weighted by atomic mass is 10.0.